The Bertz CT molecular complexity index is 439. The predicted octanol–water partition coefficient (Wildman–Crippen LogP) is 0.772. The van der Waals surface area contributed by atoms with Gasteiger partial charge in [0.05, 0.1) is 5.69 Å². The molecule has 0 bridgehead atoms. The third-order valence-corrected chi connectivity index (χ3v) is 2.28. The number of carboxylic acids is 1. The third kappa shape index (κ3) is 3.56. The van der Waals surface area contributed by atoms with Crippen molar-refractivity contribution in [3.8, 4) is 0 Å². The molecule has 1 aromatic rings. The van der Waals surface area contributed by atoms with Crippen molar-refractivity contribution in [3.05, 3.63) is 17.5 Å². The fourth-order valence-electron chi connectivity index (χ4n) is 1.36. The molecule has 0 saturated heterocycles. The second-order valence-electron chi connectivity index (χ2n) is 4.04. The van der Waals surface area contributed by atoms with Crippen molar-refractivity contribution in [2.75, 3.05) is 6.61 Å². The van der Waals surface area contributed by atoms with Gasteiger partial charge in [-0.05, 0) is 18.9 Å². The van der Waals surface area contributed by atoms with E-state index in [2.05, 4.69) is 15.4 Å². The van der Waals surface area contributed by atoms with Gasteiger partial charge in [-0.1, -0.05) is 13.8 Å². The molecular weight excluding hydrogens is 238 g/mol. The maximum absolute atomic E-state index is 11.8. The van der Waals surface area contributed by atoms with Gasteiger partial charge in [-0.2, -0.15) is 5.10 Å². The Morgan fingerprint density at radius 3 is 2.72 bits per heavy atom. The van der Waals surface area contributed by atoms with Crippen molar-refractivity contribution in [1.29, 1.82) is 0 Å². The number of hydroxylamine groups is 1. The van der Waals surface area contributed by atoms with Crippen molar-refractivity contribution in [2.45, 2.75) is 33.2 Å². The normalized spacial score (nSPS) is 10.7. The van der Waals surface area contributed by atoms with E-state index in [0.717, 1.165) is 5.69 Å². The Morgan fingerprint density at radius 2 is 2.22 bits per heavy atom. The minimum atomic E-state index is -1.15. The molecule has 2 N–H and O–H groups in total. The summed E-state index contributed by atoms with van der Waals surface area (Å²) in [4.78, 5) is 26.5. The van der Waals surface area contributed by atoms with Crippen LogP contribution in [0.2, 0.25) is 0 Å². The topological polar surface area (TPSA) is 93.5 Å². The van der Waals surface area contributed by atoms with E-state index in [9.17, 15) is 9.59 Å². The Morgan fingerprint density at radius 1 is 1.56 bits per heavy atom. The lowest BCUT2D eigenvalue weighted by atomic mass is 10.1. The zero-order valence-electron chi connectivity index (χ0n) is 10.6. The van der Waals surface area contributed by atoms with Crippen molar-refractivity contribution < 1.29 is 19.5 Å². The van der Waals surface area contributed by atoms with Gasteiger partial charge in [-0.15, -0.1) is 0 Å². The van der Waals surface area contributed by atoms with Crippen LogP contribution in [-0.4, -0.2) is 33.4 Å². The van der Waals surface area contributed by atoms with Crippen LogP contribution in [0, 0.1) is 0 Å². The lowest BCUT2D eigenvalue weighted by molar-refractivity contribution is -0.144. The number of amides is 1. The predicted molar refractivity (Wildman–Crippen MR) is 63.0 cm³/mol. The second kappa shape index (κ2) is 6.15. The van der Waals surface area contributed by atoms with Gasteiger partial charge in [0.15, 0.2) is 6.61 Å². The summed E-state index contributed by atoms with van der Waals surface area (Å²) in [6.07, 6.45) is 0. The summed E-state index contributed by atoms with van der Waals surface area (Å²) in [5.74, 6) is -1.44. The number of aliphatic carboxylic acids is 1. The molecule has 0 spiro atoms. The van der Waals surface area contributed by atoms with Crippen LogP contribution in [-0.2, 0) is 16.2 Å². The number of nitrogens with one attached hydrogen (secondary N) is 1. The Hall–Kier alpha value is -1.89. The Kier molecular flexibility index (Phi) is 4.85. The molecule has 0 aliphatic carbocycles. The van der Waals surface area contributed by atoms with Crippen LogP contribution in [0.15, 0.2) is 6.07 Å². The Balaban J connectivity index is 2.74. The number of aromatic nitrogens is 2. The summed E-state index contributed by atoms with van der Waals surface area (Å²) in [5.41, 5.74) is 3.24. The molecule has 0 radical (unpaired) electrons. The molecule has 1 heterocycles. The summed E-state index contributed by atoms with van der Waals surface area (Å²) in [6.45, 7) is 5.79. The minimum Gasteiger partial charge on any atom is -0.479 e. The van der Waals surface area contributed by atoms with E-state index in [-0.39, 0.29) is 5.92 Å². The number of hydrogen-bond acceptors (Lipinski definition) is 4. The van der Waals surface area contributed by atoms with Crippen molar-refractivity contribution in [2.24, 2.45) is 0 Å². The number of carbonyl (C=O) groups excluding carboxylic acids is 1. The fourth-order valence-corrected chi connectivity index (χ4v) is 1.36. The first kappa shape index (κ1) is 14.2. The monoisotopic (exact) mass is 255 g/mol. The molecule has 0 unspecified atom stereocenters. The van der Waals surface area contributed by atoms with Crippen LogP contribution in [0.1, 0.15) is 42.9 Å². The first-order valence-electron chi connectivity index (χ1n) is 5.67. The molecule has 0 aliphatic heterocycles. The highest BCUT2D eigenvalue weighted by Crippen LogP contribution is 2.14. The molecule has 0 aliphatic rings. The van der Waals surface area contributed by atoms with Crippen molar-refractivity contribution in [3.63, 3.8) is 0 Å². The average molecular weight is 255 g/mol. The van der Waals surface area contributed by atoms with E-state index >= 15 is 0 Å². The van der Waals surface area contributed by atoms with Gasteiger partial charge in [0, 0.05) is 6.54 Å². The van der Waals surface area contributed by atoms with Crippen LogP contribution in [0.3, 0.4) is 0 Å². The van der Waals surface area contributed by atoms with E-state index in [1.165, 1.54) is 0 Å². The van der Waals surface area contributed by atoms with Gasteiger partial charge in [-0.3, -0.25) is 14.3 Å². The van der Waals surface area contributed by atoms with E-state index in [1.54, 1.807) is 10.7 Å². The van der Waals surface area contributed by atoms with Crippen LogP contribution < -0.4 is 5.48 Å². The molecule has 1 amide bonds. The molecule has 1 aromatic heterocycles. The largest absolute Gasteiger partial charge is 0.479 e. The summed E-state index contributed by atoms with van der Waals surface area (Å²) in [7, 11) is 0. The van der Waals surface area contributed by atoms with Gasteiger partial charge < -0.3 is 5.11 Å². The molecule has 0 atom stereocenters. The van der Waals surface area contributed by atoms with E-state index in [1.807, 2.05) is 20.8 Å². The van der Waals surface area contributed by atoms with Gasteiger partial charge in [-0.25, -0.2) is 10.3 Å². The zero-order chi connectivity index (χ0) is 13.7. The standard InChI is InChI=1S/C11H17N3O4/c1-4-14-9(5-8(12-14)7(2)3)11(17)13-18-6-10(15)16/h5,7H,4,6H2,1-3H3,(H,13,17)(H,15,16). The van der Waals surface area contributed by atoms with Crippen molar-refractivity contribution >= 4 is 11.9 Å². The summed E-state index contributed by atoms with van der Waals surface area (Å²) in [6, 6.07) is 1.67. The molecule has 18 heavy (non-hydrogen) atoms. The molecule has 0 aromatic carbocycles. The Labute approximate surface area is 105 Å². The highest BCUT2D eigenvalue weighted by atomic mass is 16.7. The SMILES string of the molecule is CCn1nc(C(C)C)cc1C(=O)NOCC(=O)O. The van der Waals surface area contributed by atoms with E-state index in [4.69, 9.17) is 5.11 Å². The van der Waals surface area contributed by atoms with Gasteiger partial charge in [0.1, 0.15) is 5.69 Å². The maximum atomic E-state index is 11.8. The highest BCUT2D eigenvalue weighted by Gasteiger charge is 2.16. The van der Waals surface area contributed by atoms with Crippen LogP contribution in [0.4, 0.5) is 0 Å². The average Bonchev–Trinajstić information content (AvgIpc) is 2.72. The highest BCUT2D eigenvalue weighted by molar-refractivity contribution is 5.92. The molecule has 0 saturated carbocycles. The second-order valence-corrected chi connectivity index (χ2v) is 4.04. The third-order valence-electron chi connectivity index (χ3n) is 2.28. The summed E-state index contributed by atoms with van der Waals surface area (Å²) < 4.78 is 1.55. The number of nitrogens with zero attached hydrogens (tertiary/aromatic N) is 2. The first-order chi connectivity index (χ1) is 8.45. The zero-order valence-corrected chi connectivity index (χ0v) is 10.6. The lowest BCUT2D eigenvalue weighted by Gasteiger charge is -2.05. The molecule has 0 fully saturated rings. The number of carboxylic acid groups (broad SMARTS) is 1. The molecule has 100 valence electrons. The number of aryl methyl sites for hydroxylation is 1. The maximum Gasteiger partial charge on any atom is 0.332 e. The molecule has 1 rings (SSSR count). The van der Waals surface area contributed by atoms with E-state index in [0.29, 0.717) is 12.2 Å². The molecular formula is C11H17N3O4. The summed E-state index contributed by atoms with van der Waals surface area (Å²) >= 11 is 0. The number of hydrogen-bond donors (Lipinski definition) is 2. The molecule has 7 nitrogen and oxygen atoms in total. The van der Waals surface area contributed by atoms with E-state index < -0.39 is 18.5 Å². The summed E-state index contributed by atoms with van der Waals surface area (Å²) in [5, 5.41) is 12.7. The lowest BCUT2D eigenvalue weighted by Crippen LogP contribution is -2.28. The number of carbonyl (C=O) groups is 2. The van der Waals surface area contributed by atoms with Crippen LogP contribution >= 0.6 is 0 Å². The minimum absolute atomic E-state index is 0.212. The number of rotatable bonds is 6. The quantitative estimate of drug-likeness (QED) is 0.732. The fraction of sp³-hybridized carbons (Fsp3) is 0.545. The van der Waals surface area contributed by atoms with Gasteiger partial charge in [0.25, 0.3) is 5.91 Å². The first-order valence-corrected chi connectivity index (χ1v) is 5.67. The van der Waals surface area contributed by atoms with Crippen LogP contribution in [0.5, 0.6) is 0 Å². The van der Waals surface area contributed by atoms with Crippen LogP contribution in [0.25, 0.3) is 0 Å². The van der Waals surface area contributed by atoms with Gasteiger partial charge >= 0.3 is 5.97 Å². The van der Waals surface area contributed by atoms with Crippen molar-refractivity contribution in [1.82, 2.24) is 15.3 Å². The smallest absolute Gasteiger partial charge is 0.332 e. The van der Waals surface area contributed by atoms with Gasteiger partial charge in [0.2, 0.25) is 0 Å². The molecule has 7 heteroatoms.